The van der Waals surface area contributed by atoms with E-state index in [1.807, 2.05) is 0 Å². The van der Waals surface area contributed by atoms with Gasteiger partial charge < -0.3 is 10.1 Å². The highest BCUT2D eigenvalue weighted by Crippen LogP contribution is 2.65. The van der Waals surface area contributed by atoms with Crippen molar-refractivity contribution in [2.45, 2.75) is 97.6 Å². The molecule has 4 saturated carbocycles. The van der Waals surface area contributed by atoms with Crippen LogP contribution in [-0.2, 0) is 4.74 Å². The number of fused-ring (bicyclic) bond motifs is 5. The van der Waals surface area contributed by atoms with Gasteiger partial charge in [-0.15, -0.1) is 0 Å². The molecule has 4 fully saturated rings. The molecular formula is C31H49NO. The van der Waals surface area contributed by atoms with E-state index >= 15 is 0 Å². The molecule has 0 aliphatic heterocycles. The van der Waals surface area contributed by atoms with E-state index in [1.165, 1.54) is 63.4 Å². The Labute approximate surface area is 203 Å². The Hall–Kier alpha value is -0.860. The largest absolute Gasteiger partial charge is 0.381 e. The van der Waals surface area contributed by atoms with Gasteiger partial charge in [-0.25, -0.2) is 0 Å². The predicted molar refractivity (Wildman–Crippen MR) is 138 cm³/mol. The highest BCUT2D eigenvalue weighted by atomic mass is 16.5. The standard InChI is InChI=1S/C31H49NO/c1-5-33-20-23-11-13-26-25(19-23)12-14-28-27(26)17-18-31(4)29(15-16-30(28)31)22(3)32-21(2)24-9-7-6-8-10-24/h6-10,21-23,25-30,32H,5,11-20H2,1-4H3/t21-,22-,23+,25-,26+,27-,28-,29?,30+,31-/m1/s1. The maximum Gasteiger partial charge on any atom is 0.0494 e. The minimum atomic E-state index is 0.433. The van der Waals surface area contributed by atoms with Crippen LogP contribution in [0.5, 0.6) is 0 Å². The van der Waals surface area contributed by atoms with Crippen LogP contribution in [-0.4, -0.2) is 19.3 Å². The SMILES string of the molecule is CCOC[C@H]1CC[C@H]2[C@H](CC[C@@H]3[C@@H]2CC[C@]2(C)C([C@@H](C)N[C@H](C)c4ccccc4)CC[C@@H]32)C1. The second-order valence-corrected chi connectivity index (χ2v) is 12.6. The Morgan fingerprint density at radius 1 is 0.939 bits per heavy atom. The number of rotatable bonds is 7. The number of hydrogen-bond donors (Lipinski definition) is 1. The molecule has 0 heterocycles. The molecule has 4 aliphatic carbocycles. The fourth-order valence-corrected chi connectivity index (χ4v) is 9.60. The second kappa shape index (κ2) is 10.0. The molecular weight excluding hydrogens is 402 g/mol. The van der Waals surface area contributed by atoms with Crippen molar-refractivity contribution >= 4 is 0 Å². The average Bonchev–Trinajstić information content (AvgIpc) is 3.20. The van der Waals surface area contributed by atoms with E-state index in [0.29, 0.717) is 17.5 Å². The first-order valence-corrected chi connectivity index (χ1v) is 14.4. The maximum absolute atomic E-state index is 5.81. The maximum atomic E-state index is 5.81. The monoisotopic (exact) mass is 451 g/mol. The highest BCUT2D eigenvalue weighted by molar-refractivity contribution is 5.18. The zero-order valence-corrected chi connectivity index (χ0v) is 21.8. The summed E-state index contributed by atoms with van der Waals surface area (Å²) in [6.07, 6.45) is 13.3. The zero-order valence-electron chi connectivity index (χ0n) is 21.8. The van der Waals surface area contributed by atoms with Crippen LogP contribution in [0.15, 0.2) is 30.3 Å². The van der Waals surface area contributed by atoms with Crippen molar-refractivity contribution in [3.05, 3.63) is 35.9 Å². The van der Waals surface area contributed by atoms with Crippen molar-refractivity contribution in [1.82, 2.24) is 5.32 Å². The van der Waals surface area contributed by atoms with Gasteiger partial charge in [-0.1, -0.05) is 37.3 Å². The van der Waals surface area contributed by atoms with Gasteiger partial charge in [0.05, 0.1) is 0 Å². The molecule has 33 heavy (non-hydrogen) atoms. The van der Waals surface area contributed by atoms with E-state index in [9.17, 15) is 0 Å². The van der Waals surface area contributed by atoms with Crippen LogP contribution in [0.1, 0.15) is 97.1 Å². The van der Waals surface area contributed by atoms with Crippen LogP contribution in [0.2, 0.25) is 0 Å². The van der Waals surface area contributed by atoms with Crippen LogP contribution < -0.4 is 5.32 Å². The Kier molecular flexibility index (Phi) is 7.24. The quantitative estimate of drug-likeness (QED) is 0.460. The van der Waals surface area contributed by atoms with E-state index in [2.05, 4.69) is 63.3 Å². The van der Waals surface area contributed by atoms with Crippen molar-refractivity contribution in [3.63, 3.8) is 0 Å². The number of nitrogens with one attached hydrogen (secondary N) is 1. The van der Waals surface area contributed by atoms with E-state index in [-0.39, 0.29) is 0 Å². The third-order valence-electron chi connectivity index (χ3n) is 11.1. The van der Waals surface area contributed by atoms with E-state index in [1.54, 1.807) is 0 Å². The molecule has 1 unspecified atom stereocenters. The van der Waals surface area contributed by atoms with Crippen molar-refractivity contribution in [3.8, 4) is 0 Å². The number of hydrogen-bond acceptors (Lipinski definition) is 2. The molecule has 0 aromatic heterocycles. The summed E-state index contributed by atoms with van der Waals surface area (Å²) in [4.78, 5) is 0. The third-order valence-corrected chi connectivity index (χ3v) is 11.1. The smallest absolute Gasteiger partial charge is 0.0494 e. The van der Waals surface area contributed by atoms with Crippen LogP contribution in [0.25, 0.3) is 0 Å². The van der Waals surface area contributed by atoms with Crippen molar-refractivity contribution < 1.29 is 4.74 Å². The molecule has 2 nitrogen and oxygen atoms in total. The minimum absolute atomic E-state index is 0.433. The molecule has 184 valence electrons. The van der Waals surface area contributed by atoms with Gasteiger partial charge in [0.15, 0.2) is 0 Å². The number of benzene rings is 1. The Balaban J connectivity index is 1.23. The van der Waals surface area contributed by atoms with Gasteiger partial charge >= 0.3 is 0 Å². The van der Waals surface area contributed by atoms with Gasteiger partial charge in [-0.2, -0.15) is 0 Å². The summed E-state index contributed by atoms with van der Waals surface area (Å²) in [7, 11) is 0. The highest BCUT2D eigenvalue weighted by Gasteiger charge is 2.57. The molecule has 1 N–H and O–H groups in total. The Bertz CT molecular complexity index is 763. The first kappa shape index (κ1) is 23.9. The van der Waals surface area contributed by atoms with Crippen molar-refractivity contribution in [1.29, 1.82) is 0 Å². The summed E-state index contributed by atoms with van der Waals surface area (Å²) >= 11 is 0. The zero-order chi connectivity index (χ0) is 23.0. The fraction of sp³-hybridized carbons (Fsp3) is 0.806. The summed E-state index contributed by atoms with van der Waals surface area (Å²) in [5.74, 6) is 6.70. The molecule has 5 rings (SSSR count). The molecule has 0 spiro atoms. The lowest BCUT2D eigenvalue weighted by Crippen LogP contribution is -2.51. The first-order valence-electron chi connectivity index (χ1n) is 14.4. The molecule has 0 saturated heterocycles. The van der Waals surface area contributed by atoms with Gasteiger partial charge in [-0.3, -0.25) is 0 Å². The van der Waals surface area contributed by atoms with E-state index < -0.39 is 0 Å². The molecule has 0 radical (unpaired) electrons. The molecule has 2 heteroatoms. The van der Waals surface area contributed by atoms with E-state index in [0.717, 1.165) is 54.6 Å². The second-order valence-electron chi connectivity index (χ2n) is 12.6. The van der Waals surface area contributed by atoms with E-state index in [4.69, 9.17) is 4.74 Å². The third kappa shape index (κ3) is 4.56. The summed E-state index contributed by atoms with van der Waals surface area (Å²) < 4.78 is 5.81. The van der Waals surface area contributed by atoms with Gasteiger partial charge in [0, 0.05) is 25.3 Å². The molecule has 0 bridgehead atoms. The molecule has 10 atom stereocenters. The molecule has 1 aromatic carbocycles. The average molecular weight is 452 g/mol. The Morgan fingerprint density at radius 2 is 1.73 bits per heavy atom. The van der Waals surface area contributed by atoms with Crippen LogP contribution in [0.4, 0.5) is 0 Å². The lowest BCUT2D eigenvalue weighted by Gasteiger charge is -2.57. The molecule has 1 aromatic rings. The number of ether oxygens (including phenoxy) is 1. The summed E-state index contributed by atoms with van der Waals surface area (Å²) in [6, 6.07) is 12.0. The Morgan fingerprint density at radius 3 is 2.52 bits per heavy atom. The summed E-state index contributed by atoms with van der Waals surface area (Å²) in [5, 5.41) is 4.02. The normalized spacial score (nSPS) is 42.1. The molecule has 4 aliphatic rings. The predicted octanol–water partition coefficient (Wildman–Crippen LogP) is 7.65. The van der Waals surface area contributed by atoms with Gasteiger partial charge in [0.1, 0.15) is 0 Å². The van der Waals surface area contributed by atoms with Gasteiger partial charge in [-0.05, 0) is 131 Å². The van der Waals surface area contributed by atoms with Gasteiger partial charge in [0.2, 0.25) is 0 Å². The molecule has 0 amide bonds. The summed E-state index contributed by atoms with van der Waals surface area (Å²) in [6.45, 7) is 11.6. The minimum Gasteiger partial charge on any atom is -0.381 e. The topological polar surface area (TPSA) is 21.3 Å². The summed E-state index contributed by atoms with van der Waals surface area (Å²) in [5.41, 5.74) is 1.97. The lowest BCUT2D eigenvalue weighted by molar-refractivity contribution is -0.0757. The van der Waals surface area contributed by atoms with Crippen LogP contribution >= 0.6 is 0 Å². The first-order chi connectivity index (χ1) is 16.0. The van der Waals surface area contributed by atoms with Crippen molar-refractivity contribution in [2.24, 2.45) is 46.8 Å². The fourth-order valence-electron chi connectivity index (χ4n) is 9.60. The van der Waals surface area contributed by atoms with Gasteiger partial charge in [0.25, 0.3) is 0 Å². The lowest BCUT2D eigenvalue weighted by atomic mass is 9.49. The van der Waals surface area contributed by atoms with Crippen LogP contribution in [0, 0.1) is 46.8 Å². The van der Waals surface area contributed by atoms with Crippen molar-refractivity contribution in [2.75, 3.05) is 13.2 Å². The van der Waals surface area contributed by atoms with Crippen LogP contribution in [0.3, 0.4) is 0 Å².